The molecule has 0 unspecified atom stereocenters. The number of carbonyl (C=O) groups is 2. The van der Waals surface area contributed by atoms with E-state index < -0.39 is 5.97 Å². The Balaban J connectivity index is 1.70. The van der Waals surface area contributed by atoms with Crippen molar-refractivity contribution in [1.82, 2.24) is 10.2 Å². The monoisotopic (exact) mass is 298 g/mol. The van der Waals surface area contributed by atoms with Crippen LogP contribution in [0, 0.1) is 11.8 Å². The van der Waals surface area contributed by atoms with E-state index in [1.165, 1.54) is 0 Å². The molecule has 6 heteroatoms. The van der Waals surface area contributed by atoms with Crippen molar-refractivity contribution >= 4 is 12.0 Å². The van der Waals surface area contributed by atoms with Gasteiger partial charge in [-0.3, -0.25) is 4.79 Å². The standard InChI is InChI=1S/C15H26N2O4/c1-17(10-11-6-8-21-9-7-11)15(20)16-13-4-2-12(3-5-13)14(18)19/h11-13H,2-10H2,1H3,(H,16,20)(H,18,19). The van der Waals surface area contributed by atoms with Crippen LogP contribution in [0.2, 0.25) is 0 Å². The maximum absolute atomic E-state index is 12.2. The molecule has 1 saturated heterocycles. The fourth-order valence-corrected chi connectivity index (χ4v) is 3.17. The van der Waals surface area contributed by atoms with Crippen LogP contribution in [0.15, 0.2) is 0 Å². The third-order valence-corrected chi connectivity index (χ3v) is 4.62. The first-order valence-corrected chi connectivity index (χ1v) is 7.88. The van der Waals surface area contributed by atoms with E-state index in [2.05, 4.69) is 5.32 Å². The minimum absolute atomic E-state index is 0.0414. The predicted molar refractivity (Wildman–Crippen MR) is 78.1 cm³/mol. The van der Waals surface area contributed by atoms with E-state index in [1.54, 1.807) is 4.90 Å². The summed E-state index contributed by atoms with van der Waals surface area (Å²) >= 11 is 0. The Labute approximate surface area is 125 Å². The van der Waals surface area contributed by atoms with Crippen LogP contribution in [-0.2, 0) is 9.53 Å². The Morgan fingerprint density at radius 1 is 1.14 bits per heavy atom. The van der Waals surface area contributed by atoms with Crippen LogP contribution in [0.5, 0.6) is 0 Å². The zero-order chi connectivity index (χ0) is 15.2. The highest BCUT2D eigenvalue weighted by atomic mass is 16.5. The molecule has 0 bridgehead atoms. The number of ether oxygens (including phenoxy) is 1. The van der Waals surface area contributed by atoms with Crippen molar-refractivity contribution in [2.24, 2.45) is 11.8 Å². The predicted octanol–water partition coefficient (Wildman–Crippen LogP) is 1.70. The van der Waals surface area contributed by atoms with Gasteiger partial charge in [-0.2, -0.15) is 0 Å². The van der Waals surface area contributed by atoms with Gasteiger partial charge in [-0.15, -0.1) is 0 Å². The normalized spacial score (nSPS) is 27.1. The second kappa shape index (κ2) is 7.64. The SMILES string of the molecule is CN(CC1CCOCC1)C(=O)NC1CCC(C(=O)O)CC1. The smallest absolute Gasteiger partial charge is 0.317 e. The number of nitrogens with zero attached hydrogens (tertiary/aromatic N) is 1. The second-order valence-corrected chi connectivity index (χ2v) is 6.27. The Hall–Kier alpha value is -1.30. The third-order valence-electron chi connectivity index (χ3n) is 4.62. The molecule has 6 nitrogen and oxygen atoms in total. The molecule has 21 heavy (non-hydrogen) atoms. The summed E-state index contributed by atoms with van der Waals surface area (Å²) in [5.41, 5.74) is 0. The highest BCUT2D eigenvalue weighted by Crippen LogP contribution is 2.24. The number of carbonyl (C=O) groups excluding carboxylic acids is 1. The molecule has 0 spiro atoms. The summed E-state index contributed by atoms with van der Waals surface area (Å²) in [5.74, 6) is -0.424. The molecule has 1 aliphatic heterocycles. The van der Waals surface area contributed by atoms with Crippen LogP contribution < -0.4 is 5.32 Å². The van der Waals surface area contributed by atoms with Crippen LogP contribution in [0.3, 0.4) is 0 Å². The lowest BCUT2D eigenvalue weighted by atomic mass is 9.86. The first-order chi connectivity index (χ1) is 10.1. The van der Waals surface area contributed by atoms with Gasteiger partial charge in [-0.05, 0) is 44.4 Å². The highest BCUT2D eigenvalue weighted by Gasteiger charge is 2.27. The quantitative estimate of drug-likeness (QED) is 0.828. The summed E-state index contributed by atoms with van der Waals surface area (Å²) in [4.78, 5) is 24.8. The van der Waals surface area contributed by atoms with Crippen molar-refractivity contribution in [2.45, 2.75) is 44.6 Å². The van der Waals surface area contributed by atoms with Crippen LogP contribution in [0.25, 0.3) is 0 Å². The first-order valence-electron chi connectivity index (χ1n) is 7.88. The number of rotatable bonds is 4. The van der Waals surface area contributed by atoms with Gasteiger partial charge >= 0.3 is 12.0 Å². The van der Waals surface area contributed by atoms with E-state index in [4.69, 9.17) is 9.84 Å². The van der Waals surface area contributed by atoms with E-state index in [0.29, 0.717) is 18.8 Å². The number of amides is 2. The number of carboxylic acid groups (broad SMARTS) is 1. The molecule has 1 heterocycles. The molecule has 0 aromatic heterocycles. The van der Waals surface area contributed by atoms with Crippen molar-refractivity contribution in [3.05, 3.63) is 0 Å². The molecule has 0 aromatic carbocycles. The van der Waals surface area contributed by atoms with Gasteiger partial charge in [-0.1, -0.05) is 0 Å². The van der Waals surface area contributed by atoms with E-state index in [1.807, 2.05) is 7.05 Å². The van der Waals surface area contributed by atoms with Crippen LogP contribution >= 0.6 is 0 Å². The average molecular weight is 298 g/mol. The summed E-state index contributed by atoms with van der Waals surface area (Å²) in [7, 11) is 1.83. The number of nitrogens with one attached hydrogen (secondary N) is 1. The van der Waals surface area contributed by atoms with Crippen molar-refractivity contribution in [2.75, 3.05) is 26.8 Å². The van der Waals surface area contributed by atoms with Crippen molar-refractivity contribution in [3.8, 4) is 0 Å². The fourth-order valence-electron chi connectivity index (χ4n) is 3.17. The molecule has 0 radical (unpaired) electrons. The lowest BCUT2D eigenvalue weighted by Gasteiger charge is -2.31. The molecule has 2 amide bonds. The van der Waals surface area contributed by atoms with E-state index in [0.717, 1.165) is 45.4 Å². The maximum atomic E-state index is 12.2. The molecule has 0 aromatic rings. The maximum Gasteiger partial charge on any atom is 0.317 e. The minimum atomic E-state index is -0.712. The number of urea groups is 1. The summed E-state index contributed by atoms with van der Waals surface area (Å²) in [5, 5.41) is 12.0. The lowest BCUT2D eigenvalue weighted by Crippen LogP contribution is -2.46. The largest absolute Gasteiger partial charge is 0.481 e. The molecule has 1 aliphatic carbocycles. The van der Waals surface area contributed by atoms with Gasteiger partial charge in [0.15, 0.2) is 0 Å². The third kappa shape index (κ3) is 4.88. The van der Waals surface area contributed by atoms with Gasteiger partial charge in [-0.25, -0.2) is 4.79 Å². The van der Waals surface area contributed by atoms with Crippen LogP contribution in [0.1, 0.15) is 38.5 Å². The number of hydrogen-bond acceptors (Lipinski definition) is 3. The Morgan fingerprint density at radius 3 is 2.33 bits per heavy atom. The summed E-state index contributed by atoms with van der Waals surface area (Å²) in [6.45, 7) is 2.35. The second-order valence-electron chi connectivity index (χ2n) is 6.27. The lowest BCUT2D eigenvalue weighted by molar-refractivity contribution is -0.142. The summed E-state index contributed by atoms with van der Waals surface area (Å²) < 4.78 is 5.33. The molecule has 1 saturated carbocycles. The van der Waals surface area contributed by atoms with Gasteiger partial charge in [0.25, 0.3) is 0 Å². The van der Waals surface area contributed by atoms with Gasteiger partial charge in [0.05, 0.1) is 5.92 Å². The minimum Gasteiger partial charge on any atom is -0.481 e. The zero-order valence-electron chi connectivity index (χ0n) is 12.7. The molecule has 0 atom stereocenters. The molecule has 2 rings (SSSR count). The Bertz CT molecular complexity index is 361. The summed E-state index contributed by atoms with van der Waals surface area (Å²) in [6.07, 6.45) is 4.86. The molecular weight excluding hydrogens is 272 g/mol. The van der Waals surface area contributed by atoms with Gasteiger partial charge in [0, 0.05) is 32.8 Å². The summed E-state index contributed by atoms with van der Waals surface area (Å²) in [6, 6.07) is 0.0745. The zero-order valence-corrected chi connectivity index (χ0v) is 12.7. The Kier molecular flexibility index (Phi) is 5.85. The number of aliphatic carboxylic acids is 1. The molecule has 2 aliphatic rings. The number of carboxylic acids is 1. The van der Waals surface area contributed by atoms with E-state index >= 15 is 0 Å². The van der Waals surface area contributed by atoms with Gasteiger partial charge in [0.1, 0.15) is 0 Å². The van der Waals surface area contributed by atoms with Crippen molar-refractivity contribution < 1.29 is 19.4 Å². The van der Waals surface area contributed by atoms with E-state index in [-0.39, 0.29) is 18.0 Å². The molecule has 120 valence electrons. The fraction of sp³-hybridized carbons (Fsp3) is 0.867. The van der Waals surface area contributed by atoms with Crippen LogP contribution in [0.4, 0.5) is 4.79 Å². The average Bonchev–Trinajstić information content (AvgIpc) is 2.48. The topological polar surface area (TPSA) is 78.9 Å². The van der Waals surface area contributed by atoms with Gasteiger partial charge in [0.2, 0.25) is 0 Å². The number of hydrogen-bond donors (Lipinski definition) is 2. The molecule has 2 N–H and O–H groups in total. The first kappa shape index (κ1) is 16.1. The Morgan fingerprint density at radius 2 is 1.76 bits per heavy atom. The van der Waals surface area contributed by atoms with Crippen molar-refractivity contribution in [1.29, 1.82) is 0 Å². The molecule has 2 fully saturated rings. The van der Waals surface area contributed by atoms with Crippen LogP contribution in [-0.4, -0.2) is 54.9 Å². The van der Waals surface area contributed by atoms with Gasteiger partial charge < -0.3 is 20.1 Å². The molecular formula is C15H26N2O4. The van der Waals surface area contributed by atoms with Crippen molar-refractivity contribution in [3.63, 3.8) is 0 Å². The highest BCUT2D eigenvalue weighted by molar-refractivity contribution is 5.74. The van der Waals surface area contributed by atoms with E-state index in [9.17, 15) is 9.59 Å².